The van der Waals surface area contributed by atoms with E-state index in [1.165, 1.54) is 15.6 Å². The van der Waals surface area contributed by atoms with Gasteiger partial charge in [0, 0.05) is 23.9 Å². The van der Waals surface area contributed by atoms with E-state index in [0.29, 0.717) is 30.8 Å². The van der Waals surface area contributed by atoms with Crippen molar-refractivity contribution in [2.75, 3.05) is 13.1 Å². The van der Waals surface area contributed by atoms with Crippen LogP contribution in [0.5, 0.6) is 0 Å². The Hall–Kier alpha value is -0.420. The maximum absolute atomic E-state index is 12.4. The highest BCUT2D eigenvalue weighted by atomic mass is 79.9. The SMILES string of the molecule is Cc1sc(Br)cc1S(=O)(=O)N1CCC(C#N)CC1. The number of nitriles is 1. The maximum atomic E-state index is 12.4. The van der Waals surface area contributed by atoms with E-state index in [-0.39, 0.29) is 5.92 Å². The Balaban J connectivity index is 2.23. The molecule has 0 atom stereocenters. The lowest BCUT2D eigenvalue weighted by atomic mass is 10.0. The first-order valence-electron chi connectivity index (χ1n) is 5.61. The molecule has 1 aliphatic heterocycles. The number of rotatable bonds is 2. The lowest BCUT2D eigenvalue weighted by molar-refractivity contribution is 0.310. The van der Waals surface area contributed by atoms with Gasteiger partial charge >= 0.3 is 0 Å². The van der Waals surface area contributed by atoms with Crippen molar-refractivity contribution in [3.63, 3.8) is 0 Å². The van der Waals surface area contributed by atoms with Crippen LogP contribution in [0.3, 0.4) is 0 Å². The van der Waals surface area contributed by atoms with Crippen LogP contribution >= 0.6 is 27.3 Å². The molecule has 1 saturated heterocycles. The van der Waals surface area contributed by atoms with Crippen molar-refractivity contribution in [1.29, 1.82) is 5.26 Å². The molecule has 18 heavy (non-hydrogen) atoms. The highest BCUT2D eigenvalue weighted by molar-refractivity contribution is 9.11. The van der Waals surface area contributed by atoms with Crippen LogP contribution in [0, 0.1) is 24.2 Å². The highest BCUT2D eigenvalue weighted by Crippen LogP contribution is 2.32. The summed E-state index contributed by atoms with van der Waals surface area (Å²) in [6.45, 7) is 2.69. The second kappa shape index (κ2) is 5.29. The standard InChI is InChI=1S/C11H13BrN2O2S2/c1-8-10(6-11(12)17-8)18(15,16)14-4-2-9(7-13)3-5-14/h6,9H,2-5H2,1H3. The van der Waals surface area contributed by atoms with Gasteiger partial charge in [-0.1, -0.05) is 0 Å². The fourth-order valence-electron chi connectivity index (χ4n) is 2.05. The van der Waals surface area contributed by atoms with Gasteiger partial charge in [0.05, 0.1) is 14.8 Å². The van der Waals surface area contributed by atoms with Crippen LogP contribution in [-0.4, -0.2) is 25.8 Å². The van der Waals surface area contributed by atoms with E-state index in [9.17, 15) is 8.42 Å². The first-order chi connectivity index (χ1) is 8.45. The second-order valence-electron chi connectivity index (χ2n) is 4.28. The first kappa shape index (κ1) is 14.0. The molecule has 4 nitrogen and oxygen atoms in total. The molecule has 0 radical (unpaired) electrons. The van der Waals surface area contributed by atoms with Crippen LogP contribution in [0.15, 0.2) is 14.7 Å². The monoisotopic (exact) mass is 348 g/mol. The smallest absolute Gasteiger partial charge is 0.207 e. The highest BCUT2D eigenvalue weighted by Gasteiger charge is 2.31. The molecular formula is C11H13BrN2O2S2. The summed E-state index contributed by atoms with van der Waals surface area (Å²) in [6.07, 6.45) is 1.25. The number of hydrogen-bond acceptors (Lipinski definition) is 4. The molecule has 1 aliphatic rings. The molecule has 1 aromatic heterocycles. The summed E-state index contributed by atoms with van der Waals surface area (Å²) in [5, 5.41) is 8.82. The van der Waals surface area contributed by atoms with Crippen molar-refractivity contribution in [1.82, 2.24) is 4.31 Å². The zero-order chi connectivity index (χ0) is 13.3. The zero-order valence-corrected chi connectivity index (χ0v) is 13.1. The number of sulfonamides is 1. The first-order valence-corrected chi connectivity index (χ1v) is 8.66. The summed E-state index contributed by atoms with van der Waals surface area (Å²) < 4.78 is 27.2. The van der Waals surface area contributed by atoms with E-state index < -0.39 is 10.0 Å². The number of piperidine rings is 1. The maximum Gasteiger partial charge on any atom is 0.244 e. The Labute approximate surface area is 119 Å². The van der Waals surface area contributed by atoms with Crippen molar-refractivity contribution in [2.45, 2.75) is 24.7 Å². The minimum Gasteiger partial charge on any atom is -0.207 e. The van der Waals surface area contributed by atoms with Crippen molar-refractivity contribution in [2.24, 2.45) is 5.92 Å². The van der Waals surface area contributed by atoms with Gasteiger partial charge in [0.15, 0.2) is 0 Å². The van der Waals surface area contributed by atoms with Crippen LogP contribution in [0.1, 0.15) is 17.7 Å². The molecule has 0 aromatic carbocycles. The van der Waals surface area contributed by atoms with Gasteiger partial charge < -0.3 is 0 Å². The van der Waals surface area contributed by atoms with E-state index in [2.05, 4.69) is 22.0 Å². The number of thiophene rings is 1. The Morgan fingerprint density at radius 3 is 2.56 bits per heavy atom. The molecule has 0 bridgehead atoms. The molecular weight excluding hydrogens is 336 g/mol. The molecule has 2 rings (SSSR count). The number of hydrogen-bond donors (Lipinski definition) is 0. The molecule has 98 valence electrons. The predicted octanol–water partition coefficient (Wildman–Crippen LogP) is 2.74. The molecule has 1 aromatic rings. The van der Waals surface area contributed by atoms with Crippen molar-refractivity contribution in [3.8, 4) is 6.07 Å². The van der Waals surface area contributed by atoms with Crippen LogP contribution in [-0.2, 0) is 10.0 Å². The molecule has 2 heterocycles. The van der Waals surface area contributed by atoms with E-state index in [0.717, 1.165) is 8.66 Å². The zero-order valence-electron chi connectivity index (χ0n) is 9.89. The number of nitrogens with zero attached hydrogens (tertiary/aromatic N) is 2. The third kappa shape index (κ3) is 2.62. The van der Waals surface area contributed by atoms with Crippen LogP contribution < -0.4 is 0 Å². The number of aryl methyl sites for hydroxylation is 1. The molecule has 0 unspecified atom stereocenters. The summed E-state index contributed by atoms with van der Waals surface area (Å²) in [6, 6.07) is 3.86. The van der Waals surface area contributed by atoms with Crippen molar-refractivity contribution >= 4 is 37.3 Å². The Kier molecular flexibility index (Phi) is 4.11. The fourth-order valence-corrected chi connectivity index (χ4v) is 5.90. The van der Waals surface area contributed by atoms with Crippen LogP contribution in [0.4, 0.5) is 0 Å². The lowest BCUT2D eigenvalue weighted by Crippen LogP contribution is -2.38. The fraction of sp³-hybridized carbons (Fsp3) is 0.545. The molecule has 0 saturated carbocycles. The molecule has 0 aliphatic carbocycles. The van der Waals surface area contributed by atoms with Gasteiger partial charge in [-0.15, -0.1) is 11.3 Å². The van der Waals surface area contributed by atoms with Gasteiger partial charge in [-0.05, 0) is 41.8 Å². The average Bonchev–Trinajstić information content (AvgIpc) is 2.69. The van der Waals surface area contributed by atoms with E-state index >= 15 is 0 Å². The summed E-state index contributed by atoms with van der Waals surface area (Å²) in [4.78, 5) is 1.18. The quantitative estimate of drug-likeness (QED) is 0.825. The number of halogens is 1. The summed E-state index contributed by atoms with van der Waals surface area (Å²) in [5.74, 6) is -0.00763. The lowest BCUT2D eigenvalue weighted by Gasteiger charge is -2.28. The summed E-state index contributed by atoms with van der Waals surface area (Å²) in [5.41, 5.74) is 0. The minimum absolute atomic E-state index is 0.00763. The summed E-state index contributed by atoms with van der Waals surface area (Å²) >= 11 is 4.74. The Morgan fingerprint density at radius 1 is 1.50 bits per heavy atom. The van der Waals surface area contributed by atoms with Crippen molar-refractivity contribution in [3.05, 3.63) is 14.7 Å². The molecule has 0 spiro atoms. The predicted molar refractivity (Wildman–Crippen MR) is 73.9 cm³/mol. The Bertz CT molecular complexity index is 581. The van der Waals surface area contributed by atoms with Crippen LogP contribution in [0.25, 0.3) is 0 Å². The third-order valence-electron chi connectivity index (χ3n) is 3.10. The molecule has 1 fully saturated rings. The van der Waals surface area contributed by atoms with Gasteiger partial charge in [0.25, 0.3) is 0 Å². The van der Waals surface area contributed by atoms with Gasteiger partial charge in [0.2, 0.25) is 10.0 Å². The van der Waals surface area contributed by atoms with Gasteiger partial charge in [-0.3, -0.25) is 0 Å². The van der Waals surface area contributed by atoms with E-state index in [1.807, 2.05) is 6.92 Å². The van der Waals surface area contributed by atoms with Crippen molar-refractivity contribution < 1.29 is 8.42 Å². The van der Waals surface area contributed by atoms with Gasteiger partial charge in [-0.2, -0.15) is 9.57 Å². The van der Waals surface area contributed by atoms with Crippen LogP contribution in [0.2, 0.25) is 0 Å². The molecule has 0 amide bonds. The normalized spacial score (nSPS) is 18.7. The summed E-state index contributed by atoms with van der Waals surface area (Å²) in [7, 11) is -3.40. The third-order valence-corrected chi connectivity index (χ3v) is 6.80. The second-order valence-corrected chi connectivity index (χ2v) is 8.82. The minimum atomic E-state index is -3.40. The van der Waals surface area contributed by atoms with E-state index in [4.69, 9.17) is 5.26 Å². The Morgan fingerprint density at radius 2 is 2.11 bits per heavy atom. The van der Waals surface area contributed by atoms with E-state index in [1.54, 1.807) is 6.07 Å². The average molecular weight is 349 g/mol. The molecule has 0 N–H and O–H groups in total. The topological polar surface area (TPSA) is 61.2 Å². The van der Waals surface area contributed by atoms with Gasteiger partial charge in [-0.25, -0.2) is 8.42 Å². The van der Waals surface area contributed by atoms with Gasteiger partial charge in [0.1, 0.15) is 0 Å². The molecule has 7 heteroatoms. The largest absolute Gasteiger partial charge is 0.244 e.